The predicted molar refractivity (Wildman–Crippen MR) is 75.9 cm³/mol. The summed E-state index contributed by atoms with van der Waals surface area (Å²) in [4.78, 5) is 36.4. The van der Waals surface area contributed by atoms with Gasteiger partial charge in [0.1, 0.15) is 11.9 Å². The van der Waals surface area contributed by atoms with E-state index in [0.29, 0.717) is 0 Å². The van der Waals surface area contributed by atoms with Crippen LogP contribution in [-0.2, 0) is 7.05 Å². The highest BCUT2D eigenvalue weighted by Crippen LogP contribution is 2.34. The molecule has 0 radical (unpaired) electrons. The number of fused-ring (bicyclic) bond motifs is 1. The lowest BCUT2D eigenvalue weighted by molar-refractivity contribution is -0.391. The molecule has 116 valence electrons. The monoisotopic (exact) mass is 316 g/mol. The van der Waals surface area contributed by atoms with Gasteiger partial charge in [0.15, 0.2) is 5.76 Å². The van der Waals surface area contributed by atoms with Crippen LogP contribution in [0.25, 0.3) is 6.08 Å². The molecule has 0 aliphatic carbocycles. The van der Waals surface area contributed by atoms with Crippen LogP contribution in [-0.4, -0.2) is 25.2 Å². The molecular weight excluding hydrogens is 308 g/mol. The summed E-state index contributed by atoms with van der Waals surface area (Å²) in [5.41, 5.74) is -0.163. The van der Waals surface area contributed by atoms with Gasteiger partial charge in [-0.2, -0.15) is 0 Å². The molecule has 0 fully saturated rings. The number of benzene rings is 1. The van der Waals surface area contributed by atoms with Crippen molar-refractivity contribution >= 4 is 23.4 Å². The quantitative estimate of drug-likeness (QED) is 0.479. The number of nitro groups is 2. The fourth-order valence-electron chi connectivity index (χ4n) is 2.13. The summed E-state index contributed by atoms with van der Waals surface area (Å²) in [7, 11) is 1.43. The van der Waals surface area contributed by atoms with E-state index in [2.05, 4.69) is 4.98 Å². The summed E-state index contributed by atoms with van der Waals surface area (Å²) < 4.78 is 6.54. The third-order valence-electron chi connectivity index (χ3n) is 3.31. The molecule has 0 bridgehead atoms. The number of allylic oxidation sites excluding steroid dienone is 1. The molecule has 0 unspecified atom stereocenters. The molecule has 23 heavy (non-hydrogen) atoms. The standard InChI is InChI=1S/C13H8N4O6/c1-15-11(14-6-12(15)17(21)22)5-10-13(18)8-4-7(16(19)20)2-3-9(8)23-10/h2-6H,1H3/b10-5-. The second kappa shape index (κ2) is 5.02. The predicted octanol–water partition coefficient (Wildman–Crippen LogP) is 1.85. The average molecular weight is 316 g/mol. The molecule has 10 heteroatoms. The molecule has 10 nitrogen and oxygen atoms in total. The van der Waals surface area contributed by atoms with E-state index in [9.17, 15) is 25.0 Å². The summed E-state index contributed by atoms with van der Waals surface area (Å²) in [5.74, 6) is -0.549. The number of non-ortho nitro benzene ring substituents is 1. The maximum absolute atomic E-state index is 12.2. The number of nitrogens with zero attached hydrogens (tertiary/aromatic N) is 4. The fraction of sp³-hybridized carbons (Fsp3) is 0.0769. The zero-order valence-electron chi connectivity index (χ0n) is 11.6. The molecule has 1 aromatic carbocycles. The Morgan fingerprint density at radius 3 is 2.61 bits per heavy atom. The molecule has 0 saturated heterocycles. The van der Waals surface area contributed by atoms with Crippen molar-refractivity contribution in [1.82, 2.24) is 9.55 Å². The molecule has 3 rings (SSSR count). The Hall–Kier alpha value is -3.56. The highest BCUT2D eigenvalue weighted by molar-refractivity contribution is 6.14. The van der Waals surface area contributed by atoms with Crippen LogP contribution < -0.4 is 4.74 Å². The van der Waals surface area contributed by atoms with Gasteiger partial charge in [-0.15, -0.1) is 0 Å². The van der Waals surface area contributed by atoms with Gasteiger partial charge in [0.05, 0.1) is 23.6 Å². The van der Waals surface area contributed by atoms with Crippen LogP contribution in [0.2, 0.25) is 0 Å². The van der Waals surface area contributed by atoms with Gasteiger partial charge in [-0.05, 0) is 11.0 Å². The molecule has 0 atom stereocenters. The molecule has 0 amide bonds. The van der Waals surface area contributed by atoms with E-state index in [-0.39, 0.29) is 34.4 Å². The summed E-state index contributed by atoms with van der Waals surface area (Å²) >= 11 is 0. The molecule has 0 N–H and O–H groups in total. The van der Waals surface area contributed by atoms with Gasteiger partial charge in [0, 0.05) is 12.1 Å². The minimum atomic E-state index is -0.614. The zero-order valence-corrected chi connectivity index (χ0v) is 11.6. The minimum absolute atomic E-state index is 0.0640. The first kappa shape index (κ1) is 14.4. The Bertz CT molecular complexity index is 898. The van der Waals surface area contributed by atoms with E-state index in [0.717, 1.165) is 12.3 Å². The number of aromatic nitrogens is 2. The number of ether oxygens (including phenoxy) is 1. The van der Waals surface area contributed by atoms with Gasteiger partial charge in [0.2, 0.25) is 11.6 Å². The molecule has 1 aromatic heterocycles. The maximum atomic E-state index is 12.2. The molecule has 1 aliphatic rings. The largest absolute Gasteiger partial charge is 0.452 e. The van der Waals surface area contributed by atoms with Crippen molar-refractivity contribution in [2.75, 3.05) is 0 Å². The topological polar surface area (TPSA) is 130 Å². The number of Topliss-reactive ketones (excluding diaryl/α,β-unsaturated/α-hetero) is 1. The van der Waals surface area contributed by atoms with E-state index in [1.165, 1.54) is 29.8 Å². The average Bonchev–Trinajstić information content (AvgIpc) is 3.01. The van der Waals surface area contributed by atoms with Crippen LogP contribution in [0.5, 0.6) is 5.75 Å². The summed E-state index contributed by atoms with van der Waals surface area (Å²) in [6.45, 7) is 0. The lowest BCUT2D eigenvalue weighted by Gasteiger charge is -1.97. The first-order chi connectivity index (χ1) is 10.9. The van der Waals surface area contributed by atoms with E-state index in [4.69, 9.17) is 4.74 Å². The smallest absolute Gasteiger partial charge is 0.342 e. The van der Waals surface area contributed by atoms with Crippen LogP contribution in [0.15, 0.2) is 30.2 Å². The Labute approximate surface area is 127 Å². The third-order valence-corrected chi connectivity index (χ3v) is 3.31. The van der Waals surface area contributed by atoms with E-state index < -0.39 is 15.6 Å². The van der Waals surface area contributed by atoms with Gasteiger partial charge < -0.3 is 14.9 Å². The van der Waals surface area contributed by atoms with Gasteiger partial charge in [0.25, 0.3) is 5.69 Å². The molecule has 0 spiro atoms. The van der Waals surface area contributed by atoms with E-state index >= 15 is 0 Å². The van der Waals surface area contributed by atoms with Crippen LogP contribution in [0.3, 0.4) is 0 Å². The molecule has 1 aliphatic heterocycles. The fourth-order valence-corrected chi connectivity index (χ4v) is 2.13. The number of rotatable bonds is 3. The summed E-state index contributed by atoms with van der Waals surface area (Å²) in [6.07, 6.45) is 2.31. The molecule has 2 aromatic rings. The number of ketones is 1. The van der Waals surface area contributed by atoms with Gasteiger partial charge in [-0.25, -0.2) is 9.55 Å². The van der Waals surface area contributed by atoms with Crippen molar-refractivity contribution in [2.45, 2.75) is 0 Å². The van der Waals surface area contributed by atoms with Gasteiger partial charge in [-0.3, -0.25) is 14.9 Å². The maximum Gasteiger partial charge on any atom is 0.342 e. The number of imidazole rings is 1. The van der Waals surface area contributed by atoms with Gasteiger partial charge in [-0.1, -0.05) is 0 Å². The van der Waals surface area contributed by atoms with Crippen molar-refractivity contribution in [3.8, 4) is 5.75 Å². The van der Waals surface area contributed by atoms with Crippen LogP contribution in [0.1, 0.15) is 16.2 Å². The van der Waals surface area contributed by atoms with Crippen molar-refractivity contribution in [2.24, 2.45) is 7.05 Å². The first-order valence-corrected chi connectivity index (χ1v) is 6.27. The highest BCUT2D eigenvalue weighted by Gasteiger charge is 2.30. The van der Waals surface area contributed by atoms with Crippen molar-refractivity contribution in [1.29, 1.82) is 0 Å². The normalized spacial score (nSPS) is 14.7. The number of nitro benzene ring substituents is 1. The summed E-state index contributed by atoms with van der Waals surface area (Å²) in [5, 5.41) is 21.5. The summed E-state index contributed by atoms with van der Waals surface area (Å²) in [6, 6.07) is 3.67. The Morgan fingerprint density at radius 1 is 1.26 bits per heavy atom. The second-order valence-electron chi connectivity index (χ2n) is 4.67. The second-order valence-corrected chi connectivity index (χ2v) is 4.67. The van der Waals surface area contributed by atoms with Crippen molar-refractivity contribution < 1.29 is 19.4 Å². The van der Waals surface area contributed by atoms with Crippen LogP contribution >= 0.6 is 0 Å². The lowest BCUT2D eigenvalue weighted by atomic mass is 10.1. The number of hydrogen-bond donors (Lipinski definition) is 0. The zero-order chi connectivity index (χ0) is 16.7. The first-order valence-electron chi connectivity index (χ1n) is 6.27. The van der Waals surface area contributed by atoms with Crippen molar-refractivity contribution in [3.05, 3.63) is 61.8 Å². The minimum Gasteiger partial charge on any atom is -0.452 e. The van der Waals surface area contributed by atoms with Crippen molar-refractivity contribution in [3.63, 3.8) is 0 Å². The SMILES string of the molecule is Cn1c([N+](=O)[O-])cnc1/C=C1\Oc2ccc([N+](=O)[O-])cc2C1=O. The number of hydrogen-bond acceptors (Lipinski definition) is 7. The van der Waals surface area contributed by atoms with Crippen LogP contribution in [0, 0.1) is 20.2 Å². The highest BCUT2D eigenvalue weighted by atomic mass is 16.6. The van der Waals surface area contributed by atoms with Gasteiger partial charge >= 0.3 is 5.82 Å². The van der Waals surface area contributed by atoms with Crippen LogP contribution in [0.4, 0.5) is 11.5 Å². The Kier molecular flexibility index (Phi) is 3.14. The lowest BCUT2D eigenvalue weighted by Crippen LogP contribution is -2.02. The molecule has 2 heterocycles. The van der Waals surface area contributed by atoms with E-state index in [1.54, 1.807) is 0 Å². The molecular formula is C13H8N4O6. The third kappa shape index (κ3) is 2.31. The Morgan fingerprint density at radius 2 is 2.00 bits per heavy atom. The van der Waals surface area contributed by atoms with E-state index in [1.807, 2.05) is 0 Å². The molecule has 0 saturated carbocycles. The Balaban J connectivity index is 1.99. The number of carbonyl (C=O) groups is 1. The number of carbonyl (C=O) groups excluding carboxylic acids is 1.